The molecule has 2 aromatic heterocycles. The molecule has 0 aliphatic rings. The highest BCUT2D eigenvalue weighted by Crippen LogP contribution is 2.28. The summed E-state index contributed by atoms with van der Waals surface area (Å²) in [5.41, 5.74) is 0.0864. The van der Waals surface area contributed by atoms with Gasteiger partial charge in [-0.25, -0.2) is 4.79 Å². The third-order valence-corrected chi connectivity index (χ3v) is 3.69. The van der Waals surface area contributed by atoms with E-state index in [0.29, 0.717) is 11.3 Å². The van der Waals surface area contributed by atoms with Crippen LogP contribution in [0.4, 0.5) is 5.69 Å². The molecule has 1 aromatic carbocycles. The number of nitriles is 1. The van der Waals surface area contributed by atoms with Crippen LogP contribution in [0.25, 0.3) is 11.0 Å². The van der Waals surface area contributed by atoms with Crippen LogP contribution >= 0.6 is 0 Å². The molecule has 130 valence electrons. The molecule has 8 nitrogen and oxygen atoms in total. The van der Waals surface area contributed by atoms with E-state index >= 15 is 0 Å². The van der Waals surface area contributed by atoms with Gasteiger partial charge >= 0.3 is 11.3 Å². The van der Waals surface area contributed by atoms with Crippen molar-refractivity contribution in [2.75, 3.05) is 0 Å². The fourth-order valence-electron chi connectivity index (χ4n) is 2.59. The second kappa shape index (κ2) is 7.03. The van der Waals surface area contributed by atoms with Crippen molar-refractivity contribution in [3.05, 3.63) is 68.2 Å². The molecule has 0 N–H and O–H groups in total. The molecular formula is C18H13N3O5. The molecule has 8 heteroatoms. The lowest BCUT2D eigenvalue weighted by Gasteiger charge is -2.08. The largest absolute Gasteiger partial charge is 0.439 e. The van der Waals surface area contributed by atoms with Crippen LogP contribution in [0.3, 0.4) is 0 Å². The lowest BCUT2D eigenvalue weighted by molar-refractivity contribution is -0.385. The third-order valence-electron chi connectivity index (χ3n) is 3.69. The highest BCUT2D eigenvalue weighted by Gasteiger charge is 2.16. The highest BCUT2D eigenvalue weighted by molar-refractivity contribution is 5.81. The van der Waals surface area contributed by atoms with Crippen LogP contribution < -0.4 is 10.4 Å². The molecule has 0 fully saturated rings. The van der Waals surface area contributed by atoms with Gasteiger partial charge in [-0.3, -0.25) is 10.1 Å². The monoisotopic (exact) mass is 351 g/mol. The number of fused-ring (bicyclic) bond motifs is 1. The number of aromatic nitrogens is 1. The summed E-state index contributed by atoms with van der Waals surface area (Å²) in [6.45, 7) is 2.02. The second-order valence-electron chi connectivity index (χ2n) is 5.49. The minimum absolute atomic E-state index is 0.0264. The van der Waals surface area contributed by atoms with Crippen LogP contribution in [0.1, 0.15) is 24.6 Å². The molecule has 0 unspecified atom stereocenters. The maximum atomic E-state index is 11.7. The van der Waals surface area contributed by atoms with Gasteiger partial charge in [0.2, 0.25) is 11.6 Å². The number of benzene rings is 1. The van der Waals surface area contributed by atoms with Gasteiger partial charge in [0.25, 0.3) is 0 Å². The molecule has 0 saturated heterocycles. The van der Waals surface area contributed by atoms with Gasteiger partial charge in [-0.1, -0.05) is 13.3 Å². The lowest BCUT2D eigenvalue weighted by atomic mass is 10.1. The highest BCUT2D eigenvalue weighted by atomic mass is 16.6. The Morgan fingerprint density at radius 3 is 2.81 bits per heavy atom. The van der Waals surface area contributed by atoms with Crippen molar-refractivity contribution in [2.24, 2.45) is 0 Å². The lowest BCUT2D eigenvalue weighted by Crippen LogP contribution is -2.01. The predicted octanol–water partition coefficient (Wildman–Crippen LogP) is 3.71. The van der Waals surface area contributed by atoms with Gasteiger partial charge in [0.05, 0.1) is 4.92 Å². The first-order valence-electron chi connectivity index (χ1n) is 7.82. The van der Waals surface area contributed by atoms with Crippen LogP contribution in [0.15, 0.2) is 45.6 Å². The summed E-state index contributed by atoms with van der Waals surface area (Å²) in [6.07, 6.45) is 1.64. The first-order valence-corrected chi connectivity index (χ1v) is 7.82. The summed E-state index contributed by atoms with van der Waals surface area (Å²) in [7, 11) is 0. The number of nitro groups is 1. The average Bonchev–Trinajstić information content (AvgIpc) is 2.61. The van der Waals surface area contributed by atoms with Crippen molar-refractivity contribution in [2.45, 2.75) is 19.8 Å². The number of hydrogen-bond acceptors (Lipinski definition) is 7. The van der Waals surface area contributed by atoms with Gasteiger partial charge in [-0.2, -0.15) is 10.2 Å². The average molecular weight is 351 g/mol. The van der Waals surface area contributed by atoms with E-state index in [1.807, 2.05) is 6.92 Å². The molecule has 0 aliphatic heterocycles. The molecule has 0 spiro atoms. The molecule has 0 aliphatic carbocycles. The molecule has 26 heavy (non-hydrogen) atoms. The van der Waals surface area contributed by atoms with Crippen molar-refractivity contribution in [3.8, 4) is 17.7 Å². The molecule has 0 saturated carbocycles. The maximum absolute atomic E-state index is 11.7. The summed E-state index contributed by atoms with van der Waals surface area (Å²) in [4.78, 5) is 25.7. The minimum Gasteiger partial charge on any atom is -0.439 e. The summed E-state index contributed by atoms with van der Waals surface area (Å²) >= 11 is 0. The zero-order valence-electron chi connectivity index (χ0n) is 13.8. The van der Waals surface area contributed by atoms with E-state index in [9.17, 15) is 14.9 Å². The van der Waals surface area contributed by atoms with Gasteiger partial charge in [0.15, 0.2) is 0 Å². The smallest absolute Gasteiger partial charge is 0.336 e. The standard InChI is InChI=1S/C18H13N3O5/c1-2-3-11-8-18(22)26-16-9-12(4-5-13(11)16)25-17-7-6-15(21(23)24)14(10-19)20-17/h4-9H,2-3H2,1H3. The molecule has 3 aromatic rings. The van der Waals surface area contributed by atoms with Gasteiger partial charge in [-0.15, -0.1) is 0 Å². The van der Waals surface area contributed by atoms with E-state index < -0.39 is 16.2 Å². The Balaban J connectivity index is 1.98. The van der Waals surface area contributed by atoms with Gasteiger partial charge in [0, 0.05) is 29.7 Å². The summed E-state index contributed by atoms with van der Waals surface area (Å²) in [6, 6.07) is 10.6. The van der Waals surface area contributed by atoms with Crippen molar-refractivity contribution in [3.63, 3.8) is 0 Å². The van der Waals surface area contributed by atoms with Crippen LogP contribution in [0, 0.1) is 21.4 Å². The zero-order valence-corrected chi connectivity index (χ0v) is 13.8. The van der Waals surface area contributed by atoms with Crippen molar-refractivity contribution < 1.29 is 14.1 Å². The van der Waals surface area contributed by atoms with E-state index in [4.69, 9.17) is 14.4 Å². The Kier molecular flexibility index (Phi) is 4.62. The number of pyridine rings is 1. The normalized spacial score (nSPS) is 10.5. The van der Waals surface area contributed by atoms with Crippen LogP contribution in [0.2, 0.25) is 0 Å². The van der Waals surface area contributed by atoms with E-state index in [0.717, 1.165) is 29.9 Å². The van der Waals surface area contributed by atoms with Gasteiger partial charge in [-0.05, 0) is 24.1 Å². The molecular weight excluding hydrogens is 338 g/mol. The molecule has 0 amide bonds. The summed E-state index contributed by atoms with van der Waals surface area (Å²) in [5, 5.41) is 20.6. The van der Waals surface area contributed by atoms with E-state index in [1.165, 1.54) is 12.1 Å². The molecule has 0 radical (unpaired) electrons. The topological polar surface area (TPSA) is 119 Å². The predicted molar refractivity (Wildman–Crippen MR) is 92.2 cm³/mol. The first kappa shape index (κ1) is 17.1. The fraction of sp³-hybridized carbons (Fsp3) is 0.167. The number of aryl methyl sites for hydroxylation is 1. The second-order valence-corrected chi connectivity index (χ2v) is 5.49. The SMILES string of the molecule is CCCc1cc(=O)oc2cc(Oc3ccc([N+](=O)[O-])c(C#N)n3)ccc12. The quantitative estimate of drug-likeness (QED) is 0.390. The van der Waals surface area contributed by atoms with Crippen LogP contribution in [-0.2, 0) is 6.42 Å². The maximum Gasteiger partial charge on any atom is 0.336 e. The number of ether oxygens (including phenoxy) is 1. The van der Waals surface area contributed by atoms with E-state index in [1.54, 1.807) is 24.3 Å². The third kappa shape index (κ3) is 3.37. The fourth-order valence-corrected chi connectivity index (χ4v) is 2.59. The Labute approximate surface area is 147 Å². The Morgan fingerprint density at radius 1 is 1.31 bits per heavy atom. The Bertz CT molecular complexity index is 1100. The number of nitrogens with zero attached hydrogens (tertiary/aromatic N) is 3. The Hall–Kier alpha value is -3.73. The summed E-state index contributed by atoms with van der Waals surface area (Å²) < 4.78 is 10.8. The van der Waals surface area contributed by atoms with Crippen LogP contribution in [0.5, 0.6) is 11.6 Å². The zero-order chi connectivity index (χ0) is 18.7. The van der Waals surface area contributed by atoms with Crippen molar-refractivity contribution in [1.82, 2.24) is 4.98 Å². The number of hydrogen-bond donors (Lipinski definition) is 0. The van der Waals surface area contributed by atoms with Gasteiger partial charge < -0.3 is 9.15 Å². The molecule has 0 atom stereocenters. The van der Waals surface area contributed by atoms with E-state index in [-0.39, 0.29) is 11.6 Å². The first-order chi connectivity index (χ1) is 12.5. The van der Waals surface area contributed by atoms with Crippen molar-refractivity contribution in [1.29, 1.82) is 5.26 Å². The van der Waals surface area contributed by atoms with E-state index in [2.05, 4.69) is 4.98 Å². The Morgan fingerprint density at radius 2 is 2.12 bits per heavy atom. The number of rotatable bonds is 5. The molecule has 0 bridgehead atoms. The molecule has 3 rings (SSSR count). The minimum atomic E-state index is -0.685. The van der Waals surface area contributed by atoms with Crippen molar-refractivity contribution >= 4 is 16.7 Å². The molecule has 2 heterocycles. The van der Waals surface area contributed by atoms with Gasteiger partial charge in [0.1, 0.15) is 17.4 Å². The van der Waals surface area contributed by atoms with Crippen LogP contribution in [-0.4, -0.2) is 9.91 Å². The summed E-state index contributed by atoms with van der Waals surface area (Å²) in [5.74, 6) is 0.359.